The van der Waals surface area contributed by atoms with E-state index in [1.54, 1.807) is 19.2 Å². The number of hydrogen-bond donors (Lipinski definition) is 2. The molecule has 10 heteroatoms. The van der Waals surface area contributed by atoms with Crippen LogP contribution in [0.4, 0.5) is 13.2 Å². The molecule has 0 amide bonds. The average Bonchev–Trinajstić information content (AvgIpc) is 3.36. The van der Waals surface area contributed by atoms with E-state index in [2.05, 4.69) is 15.3 Å². The molecule has 2 atom stereocenters. The van der Waals surface area contributed by atoms with Crippen LogP contribution in [0.25, 0.3) is 16.9 Å². The first kappa shape index (κ1) is 25.8. The Balaban J connectivity index is 1.48. The van der Waals surface area contributed by atoms with Gasteiger partial charge >= 0.3 is 6.18 Å². The van der Waals surface area contributed by atoms with Gasteiger partial charge in [0.1, 0.15) is 5.75 Å². The second-order valence-electron chi connectivity index (χ2n) is 10.4. The summed E-state index contributed by atoms with van der Waals surface area (Å²) in [5, 5.41) is 18.0. The number of aliphatic hydroxyl groups excluding tert-OH is 1. The summed E-state index contributed by atoms with van der Waals surface area (Å²) in [5.74, 6) is 0.662. The summed E-state index contributed by atoms with van der Waals surface area (Å²) in [6.07, 6.45) is -2.44. The molecule has 1 fully saturated rings. The Bertz CT molecular complexity index is 1520. The molecule has 7 nitrogen and oxygen atoms in total. The van der Waals surface area contributed by atoms with Gasteiger partial charge in [-0.1, -0.05) is 30.3 Å². The zero-order valence-corrected chi connectivity index (χ0v) is 21.8. The highest BCUT2D eigenvalue weighted by Crippen LogP contribution is 2.43. The van der Waals surface area contributed by atoms with Crippen LogP contribution in [-0.2, 0) is 24.6 Å². The summed E-state index contributed by atoms with van der Waals surface area (Å²) in [4.78, 5) is 7.03. The van der Waals surface area contributed by atoms with Crippen molar-refractivity contribution < 1.29 is 23.0 Å². The predicted octanol–water partition coefficient (Wildman–Crippen LogP) is 4.38. The van der Waals surface area contributed by atoms with Gasteiger partial charge in [0.2, 0.25) is 0 Å². The molecule has 2 aromatic carbocycles. The molecule has 0 bridgehead atoms. The Kier molecular flexibility index (Phi) is 6.36. The molecule has 6 rings (SSSR count). The van der Waals surface area contributed by atoms with Gasteiger partial charge in [0, 0.05) is 36.3 Å². The van der Waals surface area contributed by atoms with E-state index in [9.17, 15) is 18.3 Å². The van der Waals surface area contributed by atoms with Crippen LogP contribution in [0.5, 0.6) is 5.75 Å². The maximum atomic E-state index is 14.6. The fourth-order valence-electron chi connectivity index (χ4n) is 6.13. The predicted molar refractivity (Wildman–Crippen MR) is 141 cm³/mol. The smallest absolute Gasteiger partial charge is 0.433 e. The Hall–Kier alpha value is -3.47. The third kappa shape index (κ3) is 4.36. The molecule has 204 valence electrons. The van der Waals surface area contributed by atoms with Gasteiger partial charge in [-0.25, -0.2) is 9.50 Å². The number of fused-ring (bicyclic) bond motifs is 4. The summed E-state index contributed by atoms with van der Waals surface area (Å²) >= 11 is 0. The van der Waals surface area contributed by atoms with Gasteiger partial charge in [0.15, 0.2) is 11.3 Å². The number of nitrogens with one attached hydrogen (secondary N) is 1. The highest BCUT2D eigenvalue weighted by Gasteiger charge is 2.43. The van der Waals surface area contributed by atoms with Gasteiger partial charge in [-0.3, -0.25) is 4.90 Å². The maximum Gasteiger partial charge on any atom is 0.433 e. The van der Waals surface area contributed by atoms with Crippen molar-refractivity contribution >= 4 is 5.65 Å². The van der Waals surface area contributed by atoms with E-state index >= 15 is 0 Å². The Labute approximate surface area is 224 Å². The van der Waals surface area contributed by atoms with E-state index in [-0.39, 0.29) is 30.3 Å². The second kappa shape index (κ2) is 9.62. The van der Waals surface area contributed by atoms with E-state index in [1.807, 2.05) is 43.3 Å². The van der Waals surface area contributed by atoms with Gasteiger partial charge in [-0.2, -0.15) is 18.3 Å². The largest absolute Gasteiger partial charge is 0.497 e. The van der Waals surface area contributed by atoms with Crippen molar-refractivity contribution in [2.24, 2.45) is 0 Å². The number of aryl methyl sites for hydroxylation is 1. The standard InChI is InChI=1S/C29H30F3N5O2/c1-28(17-36(13-12-33-28)24(16-38)18-6-4-3-5-7-18)23-15-34-37-26(29(30,31)32)22-10-8-19-14-20(39-2)9-11-21(19)25(22)35-27(23)37/h3-7,9,11,14-15,24,33,38H,8,10,12-13,16-17H2,1-2H3/t24-,28-/m0/s1. The van der Waals surface area contributed by atoms with Crippen LogP contribution in [0.3, 0.4) is 0 Å². The number of hydrogen-bond acceptors (Lipinski definition) is 6. The second-order valence-corrected chi connectivity index (χ2v) is 10.4. The van der Waals surface area contributed by atoms with Crippen LogP contribution in [0.1, 0.15) is 40.9 Å². The monoisotopic (exact) mass is 537 g/mol. The quantitative estimate of drug-likeness (QED) is 0.394. The number of aromatic nitrogens is 3. The fraction of sp³-hybridized carbons (Fsp3) is 0.379. The number of benzene rings is 2. The van der Waals surface area contributed by atoms with Crippen molar-refractivity contribution in [1.82, 2.24) is 24.8 Å². The lowest BCUT2D eigenvalue weighted by Gasteiger charge is -2.44. The molecule has 39 heavy (non-hydrogen) atoms. The van der Waals surface area contributed by atoms with Gasteiger partial charge in [-0.05, 0) is 49.1 Å². The van der Waals surface area contributed by atoms with E-state index < -0.39 is 17.4 Å². The minimum atomic E-state index is -4.61. The first-order valence-electron chi connectivity index (χ1n) is 13.0. The molecule has 0 spiro atoms. The highest BCUT2D eigenvalue weighted by molar-refractivity contribution is 5.74. The molecule has 0 saturated carbocycles. The Morgan fingerprint density at radius 3 is 2.67 bits per heavy atom. The van der Waals surface area contributed by atoms with Gasteiger partial charge < -0.3 is 15.2 Å². The summed E-state index contributed by atoms with van der Waals surface area (Å²) in [6.45, 7) is 3.63. The molecule has 1 aliphatic heterocycles. The molecule has 2 aromatic heterocycles. The number of alkyl halides is 3. The number of rotatable bonds is 5. The van der Waals surface area contributed by atoms with Crippen molar-refractivity contribution in [2.75, 3.05) is 33.4 Å². The minimum Gasteiger partial charge on any atom is -0.497 e. The van der Waals surface area contributed by atoms with Crippen LogP contribution in [0.2, 0.25) is 0 Å². The highest BCUT2D eigenvalue weighted by atomic mass is 19.4. The third-order valence-electron chi connectivity index (χ3n) is 8.05. The van der Waals surface area contributed by atoms with Gasteiger partial charge in [-0.15, -0.1) is 0 Å². The van der Waals surface area contributed by atoms with Crippen LogP contribution in [-0.4, -0.2) is 58.0 Å². The van der Waals surface area contributed by atoms with Crippen LogP contribution >= 0.6 is 0 Å². The van der Waals surface area contributed by atoms with Crippen molar-refractivity contribution in [3.05, 3.63) is 82.7 Å². The number of piperazine rings is 1. The van der Waals surface area contributed by atoms with Crippen LogP contribution in [0, 0.1) is 0 Å². The van der Waals surface area contributed by atoms with Crippen molar-refractivity contribution in [2.45, 2.75) is 37.5 Å². The SMILES string of the molecule is COc1ccc2c(c1)CCc1c-2nc2c([C@]3(C)CN([C@@H](CO)c4ccccc4)CCN3)cnn2c1C(F)(F)F. The third-order valence-corrected chi connectivity index (χ3v) is 8.05. The van der Waals surface area contributed by atoms with E-state index in [0.29, 0.717) is 48.6 Å². The minimum absolute atomic E-state index is 0.0704. The number of nitrogens with zero attached hydrogens (tertiary/aromatic N) is 4. The Morgan fingerprint density at radius 1 is 1.15 bits per heavy atom. The lowest BCUT2D eigenvalue weighted by atomic mass is 9.87. The topological polar surface area (TPSA) is 74.9 Å². The van der Waals surface area contributed by atoms with Crippen molar-refractivity contribution in [1.29, 1.82) is 0 Å². The molecule has 0 unspecified atom stereocenters. The van der Waals surface area contributed by atoms with Crippen LogP contribution in [0.15, 0.2) is 54.7 Å². The molecule has 3 heterocycles. The average molecular weight is 538 g/mol. The van der Waals surface area contributed by atoms with Gasteiger partial charge in [0.25, 0.3) is 0 Å². The molecule has 2 N–H and O–H groups in total. The fourth-order valence-corrected chi connectivity index (χ4v) is 6.13. The summed E-state index contributed by atoms with van der Waals surface area (Å²) in [5.41, 5.74) is 2.34. The molecule has 0 radical (unpaired) electrons. The molecular formula is C29H30F3N5O2. The van der Waals surface area contributed by atoms with Crippen molar-refractivity contribution in [3.63, 3.8) is 0 Å². The Morgan fingerprint density at radius 2 is 1.95 bits per heavy atom. The number of halogens is 3. The number of methoxy groups -OCH3 is 1. The molecule has 2 aliphatic rings. The molecular weight excluding hydrogens is 507 g/mol. The summed E-state index contributed by atoms with van der Waals surface area (Å²) in [7, 11) is 1.57. The van der Waals surface area contributed by atoms with E-state index in [0.717, 1.165) is 15.6 Å². The lowest BCUT2D eigenvalue weighted by molar-refractivity contribution is -0.143. The lowest BCUT2D eigenvalue weighted by Crippen LogP contribution is -2.57. The van der Waals surface area contributed by atoms with E-state index in [1.165, 1.54) is 6.20 Å². The first-order chi connectivity index (χ1) is 18.7. The zero-order chi connectivity index (χ0) is 27.4. The molecule has 1 saturated heterocycles. The maximum absolute atomic E-state index is 14.6. The number of ether oxygens (including phenoxy) is 1. The number of aliphatic hydroxyl groups is 1. The normalized spacial score (nSPS) is 20.5. The van der Waals surface area contributed by atoms with E-state index in [4.69, 9.17) is 9.72 Å². The molecule has 4 aromatic rings. The first-order valence-corrected chi connectivity index (χ1v) is 13.0. The zero-order valence-electron chi connectivity index (χ0n) is 21.8. The molecule has 1 aliphatic carbocycles. The van der Waals surface area contributed by atoms with Crippen molar-refractivity contribution in [3.8, 4) is 17.0 Å². The van der Waals surface area contributed by atoms with Crippen LogP contribution < -0.4 is 10.1 Å². The summed E-state index contributed by atoms with van der Waals surface area (Å²) in [6, 6.07) is 14.9. The van der Waals surface area contributed by atoms with Gasteiger partial charge in [0.05, 0.1) is 37.2 Å². The summed E-state index contributed by atoms with van der Waals surface area (Å²) < 4.78 is 50.1.